The molecule has 2 N–H and O–H groups in total. The molecule has 0 aliphatic carbocycles. The molecule has 22 heavy (non-hydrogen) atoms. The summed E-state index contributed by atoms with van der Waals surface area (Å²) in [6.07, 6.45) is 4.46. The highest BCUT2D eigenvalue weighted by atomic mass is 19.1. The maximum atomic E-state index is 13.7. The number of ether oxygens (including phenoxy) is 1. The van der Waals surface area contributed by atoms with Gasteiger partial charge in [0.1, 0.15) is 5.82 Å². The molecule has 124 valence electrons. The van der Waals surface area contributed by atoms with Crippen LogP contribution in [0.1, 0.15) is 43.2 Å². The second-order valence-electron chi connectivity index (χ2n) is 6.38. The molecule has 2 atom stereocenters. The lowest BCUT2D eigenvalue weighted by Gasteiger charge is -2.40. The van der Waals surface area contributed by atoms with E-state index in [0.29, 0.717) is 13.0 Å². The number of aryl methyl sites for hydroxylation is 1. The second kappa shape index (κ2) is 8.04. The molecule has 0 radical (unpaired) electrons. The molecule has 4 heteroatoms. The van der Waals surface area contributed by atoms with Crippen LogP contribution in [0.2, 0.25) is 0 Å². The molecule has 0 spiro atoms. The Morgan fingerprint density at radius 1 is 1.41 bits per heavy atom. The number of rotatable bonds is 7. The summed E-state index contributed by atoms with van der Waals surface area (Å²) >= 11 is 0. The van der Waals surface area contributed by atoms with Gasteiger partial charge in [-0.15, -0.1) is 0 Å². The van der Waals surface area contributed by atoms with Crippen LogP contribution in [0, 0.1) is 18.7 Å². The number of aliphatic hydroxyl groups is 1. The summed E-state index contributed by atoms with van der Waals surface area (Å²) in [5, 5.41) is 14.8. The Labute approximate surface area is 132 Å². The summed E-state index contributed by atoms with van der Waals surface area (Å²) in [4.78, 5) is 0. The van der Waals surface area contributed by atoms with Gasteiger partial charge in [-0.3, -0.25) is 0 Å². The molecule has 1 aromatic carbocycles. The van der Waals surface area contributed by atoms with Crippen molar-refractivity contribution in [3.8, 4) is 0 Å². The quantitative estimate of drug-likeness (QED) is 0.760. The van der Waals surface area contributed by atoms with E-state index < -0.39 is 5.60 Å². The number of hydrogen-bond donors (Lipinski definition) is 2. The Kier molecular flexibility index (Phi) is 6.36. The van der Waals surface area contributed by atoms with Crippen LogP contribution in [-0.4, -0.2) is 31.9 Å². The van der Waals surface area contributed by atoms with Crippen molar-refractivity contribution >= 4 is 0 Å². The average Bonchev–Trinajstić information content (AvgIpc) is 2.54. The van der Waals surface area contributed by atoms with Gasteiger partial charge in [-0.05, 0) is 68.8 Å². The van der Waals surface area contributed by atoms with Crippen molar-refractivity contribution in [1.29, 1.82) is 0 Å². The monoisotopic (exact) mass is 309 g/mol. The zero-order valence-corrected chi connectivity index (χ0v) is 13.7. The van der Waals surface area contributed by atoms with Crippen LogP contribution < -0.4 is 5.32 Å². The van der Waals surface area contributed by atoms with Gasteiger partial charge in [-0.1, -0.05) is 6.07 Å². The zero-order valence-electron chi connectivity index (χ0n) is 13.7. The molecule has 1 unspecified atom stereocenters. The summed E-state index contributed by atoms with van der Waals surface area (Å²) in [6, 6.07) is 4.74. The number of benzene rings is 1. The van der Waals surface area contributed by atoms with Gasteiger partial charge in [0.05, 0.1) is 5.60 Å². The van der Waals surface area contributed by atoms with Gasteiger partial charge in [0.25, 0.3) is 0 Å². The molecule has 1 aromatic rings. The molecule has 0 bridgehead atoms. The lowest BCUT2D eigenvalue weighted by atomic mass is 9.73. The maximum absolute atomic E-state index is 13.7. The SMILES string of the molecule is COCCCC[C@@](O)(c1cc(F)ccc1C)C1CCCNC1. The Morgan fingerprint density at radius 2 is 2.23 bits per heavy atom. The molecule has 1 heterocycles. The van der Waals surface area contributed by atoms with Gasteiger partial charge in [0, 0.05) is 26.2 Å². The molecular formula is C18H28FNO2. The van der Waals surface area contributed by atoms with E-state index in [1.807, 2.05) is 6.92 Å². The molecule has 1 aliphatic heterocycles. The van der Waals surface area contributed by atoms with Crippen molar-refractivity contribution in [3.63, 3.8) is 0 Å². The van der Waals surface area contributed by atoms with Crippen LogP contribution in [0.15, 0.2) is 18.2 Å². The summed E-state index contributed by atoms with van der Waals surface area (Å²) < 4.78 is 18.8. The van der Waals surface area contributed by atoms with E-state index in [1.165, 1.54) is 12.1 Å². The fourth-order valence-electron chi connectivity index (χ4n) is 3.52. The molecule has 2 rings (SSSR count). The molecule has 3 nitrogen and oxygen atoms in total. The molecule has 1 fully saturated rings. The fourth-order valence-corrected chi connectivity index (χ4v) is 3.52. The normalized spacial score (nSPS) is 21.5. The molecule has 0 aromatic heterocycles. The van der Waals surface area contributed by atoms with Crippen LogP contribution in [-0.2, 0) is 10.3 Å². The number of unbranched alkanes of at least 4 members (excludes halogenated alkanes) is 1. The van der Waals surface area contributed by atoms with Crippen LogP contribution in [0.3, 0.4) is 0 Å². The molecule has 0 saturated carbocycles. The van der Waals surface area contributed by atoms with Gasteiger partial charge < -0.3 is 15.2 Å². The lowest BCUT2D eigenvalue weighted by molar-refractivity contribution is -0.0441. The molecule has 1 aliphatic rings. The maximum Gasteiger partial charge on any atom is 0.123 e. The van der Waals surface area contributed by atoms with Crippen molar-refractivity contribution in [1.82, 2.24) is 5.32 Å². The Bertz CT molecular complexity index is 474. The van der Waals surface area contributed by atoms with Gasteiger partial charge in [-0.25, -0.2) is 4.39 Å². The van der Waals surface area contributed by atoms with Crippen molar-refractivity contribution in [2.75, 3.05) is 26.8 Å². The van der Waals surface area contributed by atoms with Crippen LogP contribution >= 0.6 is 0 Å². The average molecular weight is 309 g/mol. The largest absolute Gasteiger partial charge is 0.385 e. The van der Waals surface area contributed by atoms with Gasteiger partial charge in [-0.2, -0.15) is 0 Å². The topological polar surface area (TPSA) is 41.5 Å². The number of nitrogens with one attached hydrogen (secondary N) is 1. The predicted octanol–water partition coefficient (Wildman–Crippen LogP) is 3.14. The number of piperidine rings is 1. The highest BCUT2D eigenvalue weighted by molar-refractivity contribution is 5.33. The Morgan fingerprint density at radius 3 is 2.91 bits per heavy atom. The smallest absolute Gasteiger partial charge is 0.123 e. The third-order valence-corrected chi connectivity index (χ3v) is 4.79. The molecule has 0 amide bonds. The summed E-state index contributed by atoms with van der Waals surface area (Å²) in [5.41, 5.74) is 0.743. The first-order valence-electron chi connectivity index (χ1n) is 8.26. The third-order valence-electron chi connectivity index (χ3n) is 4.79. The van der Waals surface area contributed by atoms with Crippen LogP contribution in [0.25, 0.3) is 0 Å². The van der Waals surface area contributed by atoms with Gasteiger partial charge >= 0.3 is 0 Å². The fraction of sp³-hybridized carbons (Fsp3) is 0.667. The first-order chi connectivity index (χ1) is 10.6. The lowest BCUT2D eigenvalue weighted by Crippen LogP contribution is -2.44. The summed E-state index contributed by atoms with van der Waals surface area (Å²) in [7, 11) is 1.69. The van der Waals surface area contributed by atoms with E-state index in [0.717, 1.165) is 49.9 Å². The van der Waals surface area contributed by atoms with E-state index in [9.17, 15) is 9.50 Å². The highest BCUT2D eigenvalue weighted by Crippen LogP contribution is 2.39. The standard InChI is InChI=1S/C18H28FNO2/c1-14-7-8-16(19)12-17(14)18(21,9-3-4-11-22-2)15-6-5-10-20-13-15/h7-8,12,15,20-21H,3-6,9-11,13H2,1-2H3/t15?,18-/m0/s1. The third kappa shape index (κ3) is 4.06. The predicted molar refractivity (Wildman–Crippen MR) is 86.4 cm³/mol. The first kappa shape index (κ1) is 17.4. The number of halogens is 1. The van der Waals surface area contributed by atoms with Gasteiger partial charge in [0.2, 0.25) is 0 Å². The van der Waals surface area contributed by atoms with E-state index in [1.54, 1.807) is 13.2 Å². The zero-order chi connectivity index (χ0) is 16.0. The van der Waals surface area contributed by atoms with E-state index in [2.05, 4.69) is 5.32 Å². The second-order valence-corrected chi connectivity index (χ2v) is 6.38. The van der Waals surface area contributed by atoms with Crippen molar-refractivity contribution in [2.24, 2.45) is 5.92 Å². The van der Waals surface area contributed by atoms with Crippen molar-refractivity contribution < 1.29 is 14.2 Å². The van der Waals surface area contributed by atoms with Crippen molar-refractivity contribution in [3.05, 3.63) is 35.1 Å². The van der Waals surface area contributed by atoms with E-state index >= 15 is 0 Å². The van der Waals surface area contributed by atoms with Crippen molar-refractivity contribution in [2.45, 2.75) is 44.6 Å². The minimum Gasteiger partial charge on any atom is -0.385 e. The van der Waals surface area contributed by atoms with E-state index in [4.69, 9.17) is 4.74 Å². The van der Waals surface area contributed by atoms with E-state index in [-0.39, 0.29) is 11.7 Å². The molecule has 1 saturated heterocycles. The minimum atomic E-state index is -0.965. The van der Waals surface area contributed by atoms with Crippen LogP contribution in [0.4, 0.5) is 4.39 Å². The van der Waals surface area contributed by atoms with Crippen LogP contribution in [0.5, 0.6) is 0 Å². The highest BCUT2D eigenvalue weighted by Gasteiger charge is 2.39. The molecular weight excluding hydrogens is 281 g/mol. The first-order valence-corrected chi connectivity index (χ1v) is 8.26. The number of hydrogen-bond acceptors (Lipinski definition) is 3. The number of methoxy groups -OCH3 is 1. The summed E-state index contributed by atoms with van der Waals surface area (Å²) in [6.45, 7) is 4.43. The Balaban J connectivity index is 2.24. The summed E-state index contributed by atoms with van der Waals surface area (Å²) in [5.74, 6) is -0.149. The minimum absolute atomic E-state index is 0.129. The Hall–Kier alpha value is -0.970. The van der Waals surface area contributed by atoms with Gasteiger partial charge in [0.15, 0.2) is 0 Å².